The predicted molar refractivity (Wildman–Crippen MR) is 89.0 cm³/mol. The maximum Gasteiger partial charge on any atom is 0.227 e. The maximum atomic E-state index is 12.6. The molecular weight excluding hydrogens is 300 g/mol. The lowest BCUT2D eigenvalue weighted by atomic mass is 9.78. The Labute approximate surface area is 137 Å². The maximum absolute atomic E-state index is 12.6. The minimum atomic E-state index is -0.483. The first-order valence-corrected chi connectivity index (χ1v) is 8.10. The molecule has 1 amide bonds. The Morgan fingerprint density at radius 2 is 2.09 bits per heavy atom. The van der Waals surface area contributed by atoms with Crippen LogP contribution in [0.5, 0.6) is 0 Å². The van der Waals surface area contributed by atoms with Crippen LogP contribution in [0.2, 0.25) is 5.02 Å². The Kier molecular flexibility index (Phi) is 5.48. The molecule has 0 spiro atoms. The van der Waals surface area contributed by atoms with Crippen molar-refractivity contribution in [1.82, 2.24) is 5.32 Å². The highest BCUT2D eigenvalue weighted by molar-refractivity contribution is 6.30. The van der Waals surface area contributed by atoms with Gasteiger partial charge >= 0.3 is 0 Å². The molecular formula is C17H25ClN2O2. The first kappa shape index (κ1) is 17.3. The molecule has 1 aromatic carbocycles. The molecule has 1 saturated heterocycles. The number of ether oxygens (including phenoxy) is 1. The summed E-state index contributed by atoms with van der Waals surface area (Å²) in [5.41, 5.74) is 6.30. The van der Waals surface area contributed by atoms with Crippen LogP contribution in [0.4, 0.5) is 0 Å². The van der Waals surface area contributed by atoms with Crippen LogP contribution in [-0.4, -0.2) is 32.2 Å². The van der Waals surface area contributed by atoms with Crippen molar-refractivity contribution in [3.63, 3.8) is 0 Å². The van der Waals surface area contributed by atoms with Crippen LogP contribution in [0.15, 0.2) is 24.3 Å². The van der Waals surface area contributed by atoms with Gasteiger partial charge in [0.2, 0.25) is 5.91 Å². The van der Waals surface area contributed by atoms with E-state index in [-0.39, 0.29) is 11.3 Å². The molecule has 0 aromatic heterocycles. The fraction of sp³-hybridized carbons (Fsp3) is 0.588. The number of carbonyl (C=O) groups is 1. The lowest BCUT2D eigenvalue weighted by Crippen LogP contribution is -2.51. The van der Waals surface area contributed by atoms with Crippen LogP contribution in [0.25, 0.3) is 0 Å². The van der Waals surface area contributed by atoms with E-state index in [2.05, 4.69) is 19.2 Å². The Hall–Kier alpha value is -1.10. The minimum Gasteiger partial charge on any atom is -0.381 e. The van der Waals surface area contributed by atoms with Gasteiger partial charge in [-0.1, -0.05) is 37.6 Å². The summed E-state index contributed by atoms with van der Waals surface area (Å²) in [6.07, 6.45) is 1.37. The molecule has 22 heavy (non-hydrogen) atoms. The average molecular weight is 325 g/mol. The number of nitrogens with two attached hydrogens (primary N) is 1. The van der Waals surface area contributed by atoms with Gasteiger partial charge in [-0.25, -0.2) is 0 Å². The Bertz CT molecular complexity index is 525. The molecule has 3 N–H and O–H groups in total. The summed E-state index contributed by atoms with van der Waals surface area (Å²) < 4.78 is 5.35. The quantitative estimate of drug-likeness (QED) is 0.874. The van der Waals surface area contributed by atoms with E-state index in [1.807, 2.05) is 24.3 Å². The van der Waals surface area contributed by atoms with E-state index in [0.29, 0.717) is 44.2 Å². The van der Waals surface area contributed by atoms with Gasteiger partial charge in [-0.15, -0.1) is 0 Å². The van der Waals surface area contributed by atoms with Gasteiger partial charge < -0.3 is 15.8 Å². The van der Waals surface area contributed by atoms with Crippen molar-refractivity contribution in [3.8, 4) is 0 Å². The predicted octanol–water partition coefficient (Wildman–Crippen LogP) is 2.49. The smallest absolute Gasteiger partial charge is 0.227 e. The third-order valence-electron chi connectivity index (χ3n) is 4.62. The van der Waals surface area contributed by atoms with E-state index in [9.17, 15) is 4.79 Å². The van der Waals surface area contributed by atoms with Crippen molar-refractivity contribution in [1.29, 1.82) is 0 Å². The standard InChI is InChI=1S/C17H25ClN2O2/c1-16(2,13-4-3-5-14(18)10-13)12-20-15(21)17(11-19)6-8-22-9-7-17/h3-5,10H,6-9,11-12,19H2,1-2H3,(H,20,21). The van der Waals surface area contributed by atoms with Gasteiger partial charge in [-0.2, -0.15) is 0 Å². The van der Waals surface area contributed by atoms with Gasteiger partial charge in [0, 0.05) is 36.7 Å². The molecule has 0 atom stereocenters. The molecule has 1 heterocycles. The topological polar surface area (TPSA) is 64.4 Å². The Balaban J connectivity index is 2.03. The van der Waals surface area contributed by atoms with E-state index in [4.69, 9.17) is 22.1 Å². The van der Waals surface area contributed by atoms with Gasteiger partial charge in [-0.05, 0) is 30.5 Å². The van der Waals surface area contributed by atoms with Crippen LogP contribution in [-0.2, 0) is 14.9 Å². The number of benzene rings is 1. The summed E-state index contributed by atoms with van der Waals surface area (Å²) in [7, 11) is 0. The monoisotopic (exact) mass is 324 g/mol. The van der Waals surface area contributed by atoms with Crippen LogP contribution in [0, 0.1) is 5.41 Å². The lowest BCUT2D eigenvalue weighted by molar-refractivity contribution is -0.136. The van der Waals surface area contributed by atoms with E-state index in [1.54, 1.807) is 0 Å². The average Bonchev–Trinajstić information content (AvgIpc) is 2.53. The van der Waals surface area contributed by atoms with Gasteiger partial charge in [0.1, 0.15) is 0 Å². The number of rotatable bonds is 5. The molecule has 0 bridgehead atoms. The molecule has 0 radical (unpaired) electrons. The highest BCUT2D eigenvalue weighted by Crippen LogP contribution is 2.30. The van der Waals surface area contributed by atoms with E-state index in [0.717, 1.165) is 5.56 Å². The number of hydrogen-bond donors (Lipinski definition) is 2. The molecule has 0 aliphatic carbocycles. The van der Waals surface area contributed by atoms with E-state index < -0.39 is 5.41 Å². The molecule has 0 unspecified atom stereocenters. The zero-order chi connectivity index (χ0) is 16.2. The molecule has 1 aliphatic heterocycles. The van der Waals surface area contributed by atoms with Gasteiger partial charge in [0.05, 0.1) is 5.41 Å². The zero-order valence-corrected chi connectivity index (χ0v) is 14.1. The van der Waals surface area contributed by atoms with Crippen molar-refractivity contribution >= 4 is 17.5 Å². The molecule has 0 saturated carbocycles. The number of halogens is 1. The molecule has 122 valence electrons. The largest absolute Gasteiger partial charge is 0.381 e. The normalized spacial score (nSPS) is 18.0. The molecule has 1 aromatic rings. The second-order valence-electron chi connectivity index (χ2n) is 6.67. The lowest BCUT2D eigenvalue weighted by Gasteiger charge is -2.36. The summed E-state index contributed by atoms with van der Waals surface area (Å²) in [4.78, 5) is 12.6. The molecule has 4 nitrogen and oxygen atoms in total. The van der Waals surface area contributed by atoms with Crippen molar-refractivity contribution in [2.24, 2.45) is 11.1 Å². The molecule has 1 fully saturated rings. The number of hydrogen-bond acceptors (Lipinski definition) is 3. The van der Waals surface area contributed by atoms with Crippen molar-refractivity contribution in [3.05, 3.63) is 34.9 Å². The molecule has 5 heteroatoms. The summed E-state index contributed by atoms with van der Waals surface area (Å²) in [5, 5.41) is 3.79. The van der Waals surface area contributed by atoms with E-state index >= 15 is 0 Å². The SMILES string of the molecule is CC(C)(CNC(=O)C1(CN)CCOCC1)c1cccc(Cl)c1. The van der Waals surface area contributed by atoms with Crippen LogP contribution in [0.3, 0.4) is 0 Å². The van der Waals surface area contributed by atoms with Gasteiger partial charge in [-0.3, -0.25) is 4.79 Å². The highest BCUT2D eigenvalue weighted by atomic mass is 35.5. The van der Waals surface area contributed by atoms with Crippen LogP contribution in [0.1, 0.15) is 32.3 Å². The summed E-state index contributed by atoms with van der Waals surface area (Å²) in [6, 6.07) is 7.76. The van der Waals surface area contributed by atoms with Crippen molar-refractivity contribution < 1.29 is 9.53 Å². The summed E-state index contributed by atoms with van der Waals surface area (Å²) >= 11 is 6.06. The second-order valence-corrected chi connectivity index (χ2v) is 7.11. The van der Waals surface area contributed by atoms with Crippen molar-refractivity contribution in [2.45, 2.75) is 32.1 Å². The zero-order valence-electron chi connectivity index (χ0n) is 13.3. The van der Waals surface area contributed by atoms with E-state index in [1.165, 1.54) is 0 Å². The molecule has 1 aliphatic rings. The Morgan fingerprint density at radius 1 is 1.41 bits per heavy atom. The first-order chi connectivity index (χ1) is 10.4. The first-order valence-electron chi connectivity index (χ1n) is 7.72. The van der Waals surface area contributed by atoms with Gasteiger partial charge in [0.15, 0.2) is 0 Å². The third-order valence-corrected chi connectivity index (χ3v) is 4.85. The number of nitrogens with one attached hydrogen (secondary N) is 1. The second kappa shape index (κ2) is 6.99. The third kappa shape index (κ3) is 3.80. The minimum absolute atomic E-state index is 0.0356. The number of amides is 1. The Morgan fingerprint density at radius 3 is 2.68 bits per heavy atom. The van der Waals surface area contributed by atoms with Gasteiger partial charge in [0.25, 0.3) is 0 Å². The highest BCUT2D eigenvalue weighted by Gasteiger charge is 2.39. The van der Waals surface area contributed by atoms with Crippen LogP contribution >= 0.6 is 11.6 Å². The van der Waals surface area contributed by atoms with Crippen LogP contribution < -0.4 is 11.1 Å². The molecule has 2 rings (SSSR count). The van der Waals surface area contributed by atoms with Crippen molar-refractivity contribution in [2.75, 3.05) is 26.3 Å². The summed E-state index contributed by atoms with van der Waals surface area (Å²) in [6.45, 7) is 6.30. The summed E-state index contributed by atoms with van der Waals surface area (Å²) in [5.74, 6) is 0.0356. The fourth-order valence-electron chi connectivity index (χ4n) is 2.79. The fourth-order valence-corrected chi connectivity index (χ4v) is 2.98. The number of carbonyl (C=O) groups excluding carboxylic acids is 1.